The van der Waals surface area contributed by atoms with Crippen molar-refractivity contribution >= 4 is 17.7 Å². The van der Waals surface area contributed by atoms with Gasteiger partial charge in [0.05, 0.1) is 18.6 Å². The van der Waals surface area contributed by atoms with Crippen molar-refractivity contribution in [1.82, 2.24) is 5.32 Å². The van der Waals surface area contributed by atoms with Crippen LogP contribution in [0.15, 0.2) is 42.5 Å². The summed E-state index contributed by atoms with van der Waals surface area (Å²) in [6.45, 7) is 0. The van der Waals surface area contributed by atoms with Crippen molar-refractivity contribution < 1.29 is 19.1 Å². The molecule has 0 bridgehead atoms. The van der Waals surface area contributed by atoms with Gasteiger partial charge >= 0.3 is 5.97 Å². The van der Waals surface area contributed by atoms with Gasteiger partial charge in [0.1, 0.15) is 17.7 Å². The van der Waals surface area contributed by atoms with Crippen LogP contribution in [0.2, 0.25) is 0 Å². The minimum absolute atomic E-state index is 0.0170. The van der Waals surface area contributed by atoms with Crippen molar-refractivity contribution in [3.63, 3.8) is 0 Å². The number of nitrogens with one attached hydrogen (secondary N) is 2. The van der Waals surface area contributed by atoms with Crippen LogP contribution in [0.1, 0.15) is 73.7 Å². The quantitative estimate of drug-likeness (QED) is 0.301. The van der Waals surface area contributed by atoms with E-state index in [0.29, 0.717) is 16.9 Å². The number of methoxy groups -OCH3 is 1. The molecule has 0 aliphatic heterocycles. The lowest BCUT2D eigenvalue weighted by molar-refractivity contribution is -0.156. The zero-order chi connectivity index (χ0) is 24.8. The molecule has 2 saturated carbocycles. The third kappa shape index (κ3) is 6.21. The van der Waals surface area contributed by atoms with Crippen LogP contribution in [0.3, 0.4) is 0 Å². The number of esters is 1. The standard InChI is InChI=1S/C28H35N3O4/c1-34-25-16-13-21(18-7-9-19(10-8-18)26(29)30)17-24(25)27(32)31-22-14-11-20(12-15-22)28(33)35-23-5-3-2-4-6-23/h7-10,13,16-17,20,22-23H,2-6,11-12,14-15H2,1H3,(H3,29,30)(H,31,32)/t20-,22-. The number of benzene rings is 2. The van der Waals surface area contributed by atoms with Crippen LogP contribution in [-0.4, -0.2) is 37.0 Å². The Morgan fingerprint density at radius 1 is 0.914 bits per heavy atom. The minimum atomic E-state index is -0.183. The number of amidine groups is 1. The maximum Gasteiger partial charge on any atom is 0.309 e. The summed E-state index contributed by atoms with van der Waals surface area (Å²) in [6.07, 6.45) is 8.56. The molecule has 0 spiro atoms. The van der Waals surface area contributed by atoms with Crippen LogP contribution in [0.25, 0.3) is 11.1 Å². The first-order valence-electron chi connectivity index (χ1n) is 12.6. The number of amides is 1. The molecule has 0 aromatic heterocycles. The van der Waals surface area contributed by atoms with E-state index in [1.165, 1.54) is 6.42 Å². The van der Waals surface area contributed by atoms with E-state index < -0.39 is 0 Å². The summed E-state index contributed by atoms with van der Waals surface area (Å²) in [6, 6.07) is 12.9. The molecule has 2 fully saturated rings. The molecule has 7 heteroatoms. The Labute approximate surface area is 206 Å². The Morgan fingerprint density at radius 2 is 1.57 bits per heavy atom. The molecule has 0 saturated heterocycles. The number of carbonyl (C=O) groups excluding carboxylic acids is 2. The van der Waals surface area contributed by atoms with Crippen LogP contribution in [-0.2, 0) is 9.53 Å². The number of ether oxygens (including phenoxy) is 2. The van der Waals surface area contributed by atoms with Gasteiger partial charge in [-0.3, -0.25) is 15.0 Å². The minimum Gasteiger partial charge on any atom is -0.496 e. The van der Waals surface area contributed by atoms with Crippen molar-refractivity contribution in [3.05, 3.63) is 53.6 Å². The molecule has 2 aromatic rings. The highest BCUT2D eigenvalue weighted by Crippen LogP contribution is 2.30. The number of carbonyl (C=O) groups is 2. The number of nitrogens with two attached hydrogens (primary N) is 1. The molecule has 7 nitrogen and oxygen atoms in total. The van der Waals surface area contributed by atoms with Gasteiger partial charge in [-0.15, -0.1) is 0 Å². The molecule has 0 atom stereocenters. The third-order valence-electron chi connectivity index (χ3n) is 7.20. The van der Waals surface area contributed by atoms with Gasteiger partial charge in [-0.05, 0) is 74.6 Å². The first kappa shape index (κ1) is 24.8. The van der Waals surface area contributed by atoms with Crippen LogP contribution in [0.5, 0.6) is 5.75 Å². The largest absolute Gasteiger partial charge is 0.496 e. The fourth-order valence-corrected chi connectivity index (χ4v) is 5.09. The summed E-state index contributed by atoms with van der Waals surface area (Å²) < 4.78 is 11.2. The summed E-state index contributed by atoms with van der Waals surface area (Å²) in [5.41, 5.74) is 8.47. The fourth-order valence-electron chi connectivity index (χ4n) is 5.09. The molecule has 35 heavy (non-hydrogen) atoms. The molecule has 186 valence electrons. The smallest absolute Gasteiger partial charge is 0.309 e. The predicted molar refractivity (Wildman–Crippen MR) is 136 cm³/mol. The molecule has 0 unspecified atom stereocenters. The molecule has 4 N–H and O–H groups in total. The second-order valence-corrected chi connectivity index (χ2v) is 9.63. The molecule has 4 rings (SSSR count). The Hall–Kier alpha value is -3.35. The molecule has 0 heterocycles. The van der Waals surface area contributed by atoms with Gasteiger partial charge in [0.2, 0.25) is 0 Å². The first-order chi connectivity index (χ1) is 16.9. The van der Waals surface area contributed by atoms with Crippen LogP contribution < -0.4 is 15.8 Å². The van der Waals surface area contributed by atoms with E-state index in [2.05, 4.69) is 5.32 Å². The van der Waals surface area contributed by atoms with Crippen molar-refractivity contribution in [2.45, 2.75) is 69.9 Å². The zero-order valence-electron chi connectivity index (χ0n) is 20.3. The Bertz CT molecular complexity index is 1050. The molecular formula is C28H35N3O4. The SMILES string of the molecule is COc1ccc(-c2ccc(C(=N)N)cc2)cc1C(=O)N[C@H]1CC[C@H](C(=O)OC2CCCCC2)CC1. The van der Waals surface area contributed by atoms with E-state index in [1.54, 1.807) is 25.3 Å². The van der Waals surface area contributed by atoms with Gasteiger partial charge in [-0.2, -0.15) is 0 Å². The van der Waals surface area contributed by atoms with E-state index in [-0.39, 0.29) is 35.8 Å². The van der Waals surface area contributed by atoms with Gasteiger partial charge < -0.3 is 20.5 Å². The molecule has 2 aromatic carbocycles. The van der Waals surface area contributed by atoms with Crippen molar-refractivity contribution in [2.75, 3.05) is 7.11 Å². The summed E-state index contributed by atoms with van der Waals surface area (Å²) >= 11 is 0. The molecule has 2 aliphatic rings. The van der Waals surface area contributed by atoms with Crippen LogP contribution >= 0.6 is 0 Å². The van der Waals surface area contributed by atoms with Gasteiger partial charge in [0.25, 0.3) is 5.91 Å². The van der Waals surface area contributed by atoms with E-state index in [0.717, 1.165) is 62.5 Å². The second kappa shape index (κ2) is 11.4. The van der Waals surface area contributed by atoms with E-state index in [4.69, 9.17) is 20.6 Å². The monoisotopic (exact) mass is 477 g/mol. The second-order valence-electron chi connectivity index (χ2n) is 9.63. The highest BCUT2D eigenvalue weighted by atomic mass is 16.5. The van der Waals surface area contributed by atoms with Crippen molar-refractivity contribution in [3.8, 4) is 16.9 Å². The van der Waals surface area contributed by atoms with Crippen molar-refractivity contribution in [1.29, 1.82) is 5.41 Å². The normalized spacial score (nSPS) is 20.6. The van der Waals surface area contributed by atoms with Gasteiger partial charge in [0, 0.05) is 11.6 Å². The van der Waals surface area contributed by atoms with Gasteiger partial charge in [-0.1, -0.05) is 36.8 Å². The summed E-state index contributed by atoms with van der Waals surface area (Å²) in [4.78, 5) is 25.8. The maximum absolute atomic E-state index is 13.2. The van der Waals surface area contributed by atoms with Crippen LogP contribution in [0.4, 0.5) is 0 Å². The average molecular weight is 478 g/mol. The highest BCUT2D eigenvalue weighted by molar-refractivity contribution is 5.99. The van der Waals surface area contributed by atoms with E-state index in [9.17, 15) is 9.59 Å². The van der Waals surface area contributed by atoms with Crippen LogP contribution in [0, 0.1) is 11.3 Å². The summed E-state index contributed by atoms with van der Waals surface area (Å²) in [5.74, 6) is 0.213. The number of rotatable bonds is 7. The third-order valence-corrected chi connectivity index (χ3v) is 7.20. The van der Waals surface area contributed by atoms with Gasteiger partial charge in [0.15, 0.2) is 0 Å². The maximum atomic E-state index is 13.2. The lowest BCUT2D eigenvalue weighted by atomic mass is 9.85. The Kier molecular flexibility index (Phi) is 8.06. The number of hydrogen-bond donors (Lipinski definition) is 3. The fraction of sp³-hybridized carbons (Fsp3) is 0.464. The summed E-state index contributed by atoms with van der Waals surface area (Å²) in [5, 5.41) is 10.7. The summed E-state index contributed by atoms with van der Waals surface area (Å²) in [7, 11) is 1.55. The lowest BCUT2D eigenvalue weighted by Gasteiger charge is -2.30. The first-order valence-corrected chi connectivity index (χ1v) is 12.6. The van der Waals surface area contributed by atoms with E-state index >= 15 is 0 Å². The number of nitrogen functional groups attached to an aromatic ring is 1. The molecule has 1 amide bonds. The Balaban J connectivity index is 1.36. The molecular weight excluding hydrogens is 442 g/mol. The Morgan fingerprint density at radius 3 is 2.20 bits per heavy atom. The zero-order valence-corrected chi connectivity index (χ0v) is 20.3. The molecule has 2 aliphatic carbocycles. The topological polar surface area (TPSA) is 114 Å². The average Bonchev–Trinajstić information content (AvgIpc) is 2.89. The highest BCUT2D eigenvalue weighted by Gasteiger charge is 2.30. The predicted octanol–water partition coefficient (Wildman–Crippen LogP) is 4.81. The van der Waals surface area contributed by atoms with E-state index in [1.807, 2.05) is 24.3 Å². The lowest BCUT2D eigenvalue weighted by Crippen LogP contribution is -2.39. The number of hydrogen-bond acceptors (Lipinski definition) is 5. The molecule has 0 radical (unpaired) electrons. The van der Waals surface area contributed by atoms with Gasteiger partial charge in [-0.25, -0.2) is 0 Å². The van der Waals surface area contributed by atoms with Crippen molar-refractivity contribution in [2.24, 2.45) is 11.7 Å².